The summed E-state index contributed by atoms with van der Waals surface area (Å²) in [7, 11) is 0. The van der Waals surface area contributed by atoms with Crippen molar-refractivity contribution in [3.63, 3.8) is 0 Å². The summed E-state index contributed by atoms with van der Waals surface area (Å²) in [6.07, 6.45) is 1.54. The first-order chi connectivity index (χ1) is 5.26. The van der Waals surface area contributed by atoms with E-state index in [4.69, 9.17) is 5.26 Å². The Kier molecular flexibility index (Phi) is 5.84. The molecular weight excluding hydrogens is 257 g/mol. The third-order valence-electron chi connectivity index (χ3n) is 0.897. The predicted molar refractivity (Wildman–Crippen MR) is 49.2 cm³/mol. The number of nitrogens with zero attached hydrogens (tertiary/aromatic N) is 1. The second kappa shape index (κ2) is 6.16. The maximum absolute atomic E-state index is 10.8. The van der Waals surface area contributed by atoms with Crippen LogP contribution in [0, 0.1) is 11.3 Å². The highest BCUT2D eigenvalue weighted by Crippen LogP contribution is 1.97. The second-order valence-electron chi connectivity index (χ2n) is 1.60. The van der Waals surface area contributed by atoms with Crippen LogP contribution in [0.5, 0.6) is 0 Å². The quantitative estimate of drug-likeness (QED) is 0.255. The Morgan fingerprint density at radius 1 is 1.82 bits per heavy atom. The SMILES string of the molecule is CCOC(=O)/C(C#N)=C/CI. The standard InChI is InChI=1S/C7H8INO2/c1-2-11-7(10)6(5-9)3-4-8/h3H,2,4H2,1H3/b6-3+. The number of carbonyl (C=O) groups excluding carboxylic acids is 1. The summed E-state index contributed by atoms with van der Waals surface area (Å²) in [5.74, 6) is -0.535. The van der Waals surface area contributed by atoms with Crippen molar-refractivity contribution in [2.24, 2.45) is 0 Å². The first kappa shape index (κ1) is 10.4. The summed E-state index contributed by atoms with van der Waals surface area (Å²) >= 11 is 2.05. The highest BCUT2D eigenvalue weighted by atomic mass is 127. The van der Waals surface area contributed by atoms with E-state index in [1.807, 2.05) is 0 Å². The Morgan fingerprint density at radius 3 is 2.82 bits per heavy atom. The molecule has 0 aromatic heterocycles. The monoisotopic (exact) mass is 265 g/mol. The Labute approximate surface area is 79.2 Å². The first-order valence-electron chi connectivity index (χ1n) is 3.09. The lowest BCUT2D eigenvalue weighted by Gasteiger charge is -1.97. The summed E-state index contributed by atoms with van der Waals surface area (Å²) in [5, 5.41) is 8.43. The van der Waals surface area contributed by atoms with Crippen LogP contribution in [-0.2, 0) is 9.53 Å². The Hall–Kier alpha value is -0.570. The molecule has 0 aliphatic carbocycles. The van der Waals surface area contributed by atoms with Gasteiger partial charge in [0.25, 0.3) is 0 Å². The maximum atomic E-state index is 10.8. The molecule has 4 heteroatoms. The second-order valence-corrected chi connectivity index (χ2v) is 2.49. The molecule has 0 atom stereocenters. The van der Waals surface area contributed by atoms with Gasteiger partial charge in [-0.25, -0.2) is 4.79 Å². The average molecular weight is 265 g/mol. The van der Waals surface area contributed by atoms with Crippen molar-refractivity contribution in [3.8, 4) is 6.07 Å². The van der Waals surface area contributed by atoms with Crippen molar-refractivity contribution in [3.05, 3.63) is 11.6 Å². The number of carbonyl (C=O) groups is 1. The maximum Gasteiger partial charge on any atom is 0.348 e. The predicted octanol–water partition coefficient (Wildman–Crippen LogP) is 1.43. The summed E-state index contributed by atoms with van der Waals surface area (Å²) in [6.45, 7) is 2.01. The molecule has 0 radical (unpaired) electrons. The molecule has 0 saturated carbocycles. The van der Waals surface area contributed by atoms with Gasteiger partial charge in [-0.3, -0.25) is 0 Å². The molecule has 0 fully saturated rings. The van der Waals surface area contributed by atoms with Crippen LogP contribution >= 0.6 is 22.6 Å². The van der Waals surface area contributed by atoms with Crippen LogP contribution in [0.1, 0.15) is 6.92 Å². The van der Waals surface area contributed by atoms with Crippen molar-refractivity contribution >= 4 is 28.6 Å². The molecule has 0 spiro atoms. The van der Waals surface area contributed by atoms with E-state index in [0.29, 0.717) is 11.0 Å². The molecule has 0 aliphatic heterocycles. The van der Waals surface area contributed by atoms with Crippen LogP contribution < -0.4 is 0 Å². The summed E-state index contributed by atoms with van der Waals surface area (Å²) in [6, 6.07) is 1.77. The Balaban J connectivity index is 4.18. The molecule has 0 aromatic rings. The summed E-state index contributed by atoms with van der Waals surface area (Å²) in [5.41, 5.74) is 0.0845. The van der Waals surface area contributed by atoms with E-state index in [1.54, 1.807) is 19.1 Å². The number of rotatable bonds is 3. The van der Waals surface area contributed by atoms with Gasteiger partial charge in [-0.2, -0.15) is 5.26 Å². The van der Waals surface area contributed by atoms with Crippen molar-refractivity contribution in [1.82, 2.24) is 0 Å². The molecule has 11 heavy (non-hydrogen) atoms. The van der Waals surface area contributed by atoms with Crippen LogP contribution in [0.15, 0.2) is 11.6 Å². The normalized spacial score (nSPS) is 10.5. The zero-order chi connectivity index (χ0) is 8.69. The van der Waals surface area contributed by atoms with E-state index in [2.05, 4.69) is 27.3 Å². The van der Waals surface area contributed by atoms with E-state index >= 15 is 0 Å². The molecule has 0 heterocycles. The van der Waals surface area contributed by atoms with E-state index in [1.165, 1.54) is 0 Å². The summed E-state index contributed by atoms with van der Waals surface area (Å²) in [4.78, 5) is 10.8. The number of alkyl halides is 1. The van der Waals surface area contributed by atoms with Gasteiger partial charge in [0.15, 0.2) is 0 Å². The summed E-state index contributed by atoms with van der Waals surface area (Å²) < 4.78 is 5.25. The molecule has 0 N–H and O–H groups in total. The van der Waals surface area contributed by atoms with Crippen molar-refractivity contribution in [2.45, 2.75) is 6.92 Å². The molecule has 0 aromatic carbocycles. The van der Waals surface area contributed by atoms with Crippen LogP contribution in [0.2, 0.25) is 0 Å². The number of esters is 1. The van der Waals surface area contributed by atoms with Gasteiger partial charge in [0, 0.05) is 4.43 Å². The lowest BCUT2D eigenvalue weighted by atomic mass is 10.3. The van der Waals surface area contributed by atoms with Gasteiger partial charge in [0.1, 0.15) is 11.6 Å². The first-order valence-corrected chi connectivity index (χ1v) is 4.62. The highest BCUT2D eigenvalue weighted by Gasteiger charge is 2.07. The number of ether oxygens (including phenoxy) is 1. The molecule has 3 nitrogen and oxygen atoms in total. The van der Waals surface area contributed by atoms with Crippen molar-refractivity contribution < 1.29 is 9.53 Å². The lowest BCUT2D eigenvalue weighted by Crippen LogP contribution is -2.06. The molecule has 0 bridgehead atoms. The van der Waals surface area contributed by atoms with Crippen LogP contribution in [0.4, 0.5) is 0 Å². The number of halogens is 1. The molecule has 0 aliphatic rings. The van der Waals surface area contributed by atoms with E-state index in [9.17, 15) is 4.79 Å². The van der Waals surface area contributed by atoms with Crippen LogP contribution in [0.3, 0.4) is 0 Å². The number of allylic oxidation sites excluding steroid dienone is 1. The van der Waals surface area contributed by atoms with Crippen LogP contribution in [0.25, 0.3) is 0 Å². The number of hydrogen-bond acceptors (Lipinski definition) is 3. The zero-order valence-corrected chi connectivity index (χ0v) is 8.29. The van der Waals surface area contributed by atoms with E-state index < -0.39 is 5.97 Å². The average Bonchev–Trinajstić information content (AvgIpc) is 2.00. The van der Waals surface area contributed by atoms with Gasteiger partial charge in [-0.15, -0.1) is 0 Å². The number of hydrogen-bond donors (Lipinski definition) is 0. The fourth-order valence-electron chi connectivity index (χ4n) is 0.461. The van der Waals surface area contributed by atoms with E-state index in [-0.39, 0.29) is 5.57 Å². The van der Waals surface area contributed by atoms with Crippen LogP contribution in [-0.4, -0.2) is 17.0 Å². The minimum absolute atomic E-state index is 0.0845. The van der Waals surface area contributed by atoms with Crippen molar-refractivity contribution in [1.29, 1.82) is 5.26 Å². The van der Waals surface area contributed by atoms with Gasteiger partial charge < -0.3 is 4.74 Å². The fraction of sp³-hybridized carbons (Fsp3) is 0.429. The molecule has 0 unspecified atom stereocenters. The topological polar surface area (TPSA) is 50.1 Å². The molecule has 0 amide bonds. The van der Waals surface area contributed by atoms with Gasteiger partial charge in [0.2, 0.25) is 0 Å². The highest BCUT2D eigenvalue weighted by molar-refractivity contribution is 14.1. The smallest absolute Gasteiger partial charge is 0.348 e. The fourth-order valence-corrected chi connectivity index (χ4v) is 0.901. The third kappa shape index (κ3) is 3.98. The van der Waals surface area contributed by atoms with E-state index in [0.717, 1.165) is 0 Å². The minimum Gasteiger partial charge on any atom is -0.462 e. The van der Waals surface area contributed by atoms with Gasteiger partial charge >= 0.3 is 5.97 Å². The Morgan fingerprint density at radius 2 is 2.45 bits per heavy atom. The van der Waals surface area contributed by atoms with Gasteiger partial charge in [-0.05, 0) is 13.0 Å². The largest absolute Gasteiger partial charge is 0.462 e. The molecule has 0 rings (SSSR count). The minimum atomic E-state index is -0.535. The van der Waals surface area contributed by atoms with Gasteiger partial charge in [0.05, 0.1) is 6.61 Å². The Bertz CT molecular complexity index is 205. The number of nitriles is 1. The zero-order valence-electron chi connectivity index (χ0n) is 6.13. The molecular formula is C7H8INO2. The van der Waals surface area contributed by atoms with Crippen molar-refractivity contribution in [2.75, 3.05) is 11.0 Å². The van der Waals surface area contributed by atoms with Gasteiger partial charge in [-0.1, -0.05) is 22.6 Å². The third-order valence-corrected chi connectivity index (χ3v) is 1.34. The molecule has 60 valence electrons. The molecule has 0 saturated heterocycles. The lowest BCUT2D eigenvalue weighted by molar-refractivity contribution is -0.138.